The van der Waals surface area contributed by atoms with Crippen LogP contribution in [0.15, 0.2) is 103 Å². The number of ether oxygens (including phenoxy) is 1. The molecule has 40 heavy (non-hydrogen) atoms. The fraction of sp³-hybridized carbons (Fsp3) is 0.206. The third kappa shape index (κ3) is 3.74. The molecule has 0 N–H and O–H groups in total. The number of benzene rings is 5. The summed E-state index contributed by atoms with van der Waals surface area (Å²) in [6.45, 7) is 3.60. The van der Waals surface area contributed by atoms with Gasteiger partial charge < -0.3 is 9.64 Å². The van der Waals surface area contributed by atoms with Gasteiger partial charge in [-0.05, 0) is 69.8 Å². The predicted octanol–water partition coefficient (Wildman–Crippen LogP) is 8.73. The highest BCUT2D eigenvalue weighted by atomic mass is 19.4. The van der Waals surface area contributed by atoms with Crippen LogP contribution in [0.2, 0.25) is 0 Å². The van der Waals surface area contributed by atoms with Crippen molar-refractivity contribution in [2.24, 2.45) is 0 Å². The Bertz CT molecular complexity index is 1750. The zero-order chi connectivity index (χ0) is 28.2. The van der Waals surface area contributed by atoms with Crippen molar-refractivity contribution in [1.82, 2.24) is 4.90 Å². The largest absolute Gasteiger partial charge is 0.430 e. The Balaban J connectivity index is 1.67. The Morgan fingerprint density at radius 2 is 1.30 bits per heavy atom. The van der Waals surface area contributed by atoms with Crippen molar-refractivity contribution in [1.29, 1.82) is 0 Å². The van der Waals surface area contributed by atoms with Gasteiger partial charge in [0.05, 0.1) is 12.1 Å². The zero-order valence-electron chi connectivity index (χ0n) is 22.4. The van der Waals surface area contributed by atoms with E-state index in [0.717, 1.165) is 50.9 Å². The summed E-state index contributed by atoms with van der Waals surface area (Å²) in [5.41, 5.74) is -0.00791. The number of rotatable bonds is 3. The van der Waals surface area contributed by atoms with E-state index in [1.807, 2.05) is 66.7 Å². The highest BCUT2D eigenvalue weighted by Gasteiger charge is 2.64. The van der Waals surface area contributed by atoms with Gasteiger partial charge >= 0.3 is 6.18 Å². The maximum Gasteiger partial charge on any atom is 0.430 e. The van der Waals surface area contributed by atoms with E-state index in [4.69, 9.17) is 4.74 Å². The second kappa shape index (κ2) is 9.49. The third-order valence-corrected chi connectivity index (χ3v) is 8.30. The van der Waals surface area contributed by atoms with Crippen LogP contribution in [0.4, 0.5) is 13.2 Å². The van der Waals surface area contributed by atoms with E-state index in [1.165, 1.54) is 29.2 Å². The van der Waals surface area contributed by atoms with Gasteiger partial charge in [-0.3, -0.25) is 4.79 Å². The maximum atomic E-state index is 15.1. The summed E-state index contributed by atoms with van der Waals surface area (Å²) in [6, 6.07) is 29.7. The van der Waals surface area contributed by atoms with Crippen LogP contribution >= 0.6 is 0 Å². The lowest BCUT2D eigenvalue weighted by atomic mass is 9.87. The van der Waals surface area contributed by atoms with Crippen molar-refractivity contribution in [2.75, 3.05) is 7.11 Å². The summed E-state index contributed by atoms with van der Waals surface area (Å²) in [6.07, 6.45) is -5.01. The van der Waals surface area contributed by atoms with Crippen molar-refractivity contribution in [3.63, 3.8) is 0 Å². The van der Waals surface area contributed by atoms with E-state index in [0.29, 0.717) is 0 Å². The first-order valence-corrected chi connectivity index (χ1v) is 13.2. The van der Waals surface area contributed by atoms with Crippen LogP contribution in [-0.4, -0.2) is 24.1 Å². The molecule has 3 nitrogen and oxygen atoms in total. The van der Waals surface area contributed by atoms with Gasteiger partial charge in [0, 0.05) is 12.7 Å². The lowest BCUT2D eigenvalue weighted by Crippen LogP contribution is -2.57. The lowest BCUT2D eigenvalue weighted by molar-refractivity contribution is -0.272. The number of halogens is 3. The first-order valence-electron chi connectivity index (χ1n) is 13.2. The second-order valence-electron chi connectivity index (χ2n) is 10.4. The maximum absolute atomic E-state index is 15.1. The van der Waals surface area contributed by atoms with Gasteiger partial charge in [0.2, 0.25) is 0 Å². The number of hydrogen-bond donors (Lipinski definition) is 0. The van der Waals surface area contributed by atoms with Crippen LogP contribution in [0.3, 0.4) is 0 Å². The first-order chi connectivity index (χ1) is 19.2. The molecular formula is C34H28F3NO2. The van der Waals surface area contributed by atoms with Crippen molar-refractivity contribution < 1.29 is 22.7 Å². The van der Waals surface area contributed by atoms with E-state index in [9.17, 15) is 4.79 Å². The quantitative estimate of drug-likeness (QED) is 0.229. The highest BCUT2D eigenvalue weighted by molar-refractivity contribution is 6.03. The number of carbonyl (C=O) groups excluding carboxylic acids is 1. The summed E-state index contributed by atoms with van der Waals surface area (Å²) >= 11 is 0. The molecule has 5 aromatic rings. The summed E-state index contributed by atoms with van der Waals surface area (Å²) in [4.78, 5) is 15.9. The molecule has 3 atom stereocenters. The molecule has 0 radical (unpaired) electrons. The molecule has 0 fully saturated rings. The normalized spacial score (nSPS) is 18.6. The minimum atomic E-state index is -5.01. The minimum absolute atomic E-state index is 0.254. The summed E-state index contributed by atoms with van der Waals surface area (Å²) in [7, 11) is 0.953. The summed E-state index contributed by atoms with van der Waals surface area (Å²) in [5, 5.41) is 3.98. The third-order valence-electron chi connectivity index (χ3n) is 8.30. The molecule has 0 saturated heterocycles. The van der Waals surface area contributed by atoms with Gasteiger partial charge in [0.25, 0.3) is 11.5 Å². The van der Waals surface area contributed by atoms with Crippen molar-refractivity contribution in [3.8, 4) is 11.1 Å². The van der Waals surface area contributed by atoms with Gasteiger partial charge in [-0.2, -0.15) is 13.2 Å². The van der Waals surface area contributed by atoms with Gasteiger partial charge in [0.15, 0.2) is 0 Å². The second-order valence-corrected chi connectivity index (χ2v) is 10.4. The minimum Gasteiger partial charge on any atom is -0.356 e. The highest BCUT2D eigenvalue weighted by Crippen LogP contribution is 2.51. The van der Waals surface area contributed by atoms with Crippen LogP contribution < -0.4 is 0 Å². The molecule has 6 rings (SSSR count). The average molecular weight is 540 g/mol. The van der Waals surface area contributed by atoms with Crippen molar-refractivity contribution in [2.45, 2.75) is 37.7 Å². The number of nitrogens with zero attached hydrogens (tertiary/aromatic N) is 1. The Labute approximate surface area is 230 Å². The fourth-order valence-electron chi connectivity index (χ4n) is 6.33. The molecule has 0 spiro atoms. The van der Waals surface area contributed by atoms with Gasteiger partial charge in [-0.25, -0.2) is 0 Å². The predicted molar refractivity (Wildman–Crippen MR) is 152 cm³/mol. The van der Waals surface area contributed by atoms with E-state index in [2.05, 4.69) is 6.07 Å². The number of amides is 1. The summed E-state index contributed by atoms with van der Waals surface area (Å²) in [5.74, 6) is -1.14. The molecule has 5 aromatic carbocycles. The number of methoxy groups -OCH3 is 1. The van der Waals surface area contributed by atoms with Crippen LogP contribution in [0.25, 0.3) is 32.7 Å². The van der Waals surface area contributed by atoms with Crippen molar-refractivity contribution >= 4 is 27.5 Å². The Kier molecular flexibility index (Phi) is 6.19. The summed E-state index contributed by atoms with van der Waals surface area (Å²) < 4.78 is 50.4. The van der Waals surface area contributed by atoms with E-state index >= 15 is 13.2 Å². The lowest BCUT2D eigenvalue weighted by Gasteiger charge is -2.42. The average Bonchev–Trinajstić information content (AvgIpc) is 3.04. The van der Waals surface area contributed by atoms with Crippen molar-refractivity contribution in [3.05, 3.63) is 120 Å². The van der Waals surface area contributed by atoms with Gasteiger partial charge in [-0.15, -0.1) is 0 Å². The molecule has 0 unspecified atom stereocenters. The van der Waals surface area contributed by atoms with Crippen LogP contribution in [0.5, 0.6) is 0 Å². The van der Waals surface area contributed by atoms with E-state index < -0.39 is 29.8 Å². The molecule has 0 aromatic heterocycles. The molecule has 1 aliphatic rings. The SMILES string of the molecule is CO[C@](C(=O)N1[C@@H](C)c2cc3ccccc3cc2-c2c(ccc3ccccc23)[C@@H]1C)(c1ccccc1)C(F)(F)F. The smallest absolute Gasteiger partial charge is 0.356 e. The fourth-order valence-corrected chi connectivity index (χ4v) is 6.33. The Morgan fingerprint density at radius 3 is 1.95 bits per heavy atom. The van der Waals surface area contributed by atoms with E-state index in [-0.39, 0.29) is 5.56 Å². The van der Waals surface area contributed by atoms with Crippen LogP contribution in [-0.2, 0) is 15.1 Å². The van der Waals surface area contributed by atoms with Gasteiger partial charge in [-0.1, -0.05) is 91.0 Å². The molecule has 202 valence electrons. The number of carbonyl (C=O) groups is 1. The molecule has 1 heterocycles. The number of fused-ring (bicyclic) bond motifs is 6. The zero-order valence-corrected chi connectivity index (χ0v) is 22.4. The first kappa shape index (κ1) is 26.1. The van der Waals surface area contributed by atoms with Crippen LogP contribution in [0.1, 0.15) is 42.6 Å². The Hall–Kier alpha value is -4.16. The number of alkyl halides is 3. The topological polar surface area (TPSA) is 29.5 Å². The molecule has 0 saturated carbocycles. The molecular weight excluding hydrogens is 511 g/mol. The molecule has 0 aliphatic carbocycles. The number of hydrogen-bond acceptors (Lipinski definition) is 2. The Morgan fingerprint density at radius 1 is 0.725 bits per heavy atom. The van der Waals surface area contributed by atoms with Gasteiger partial charge in [0.1, 0.15) is 0 Å². The molecule has 6 heteroatoms. The van der Waals surface area contributed by atoms with Crippen LogP contribution in [0, 0.1) is 0 Å². The molecule has 1 aliphatic heterocycles. The molecule has 0 bridgehead atoms. The monoisotopic (exact) mass is 539 g/mol. The standard InChI is InChI=1S/C34H28F3NO2/c1-21-27-18-17-23-11-9-10-16-28(23)31(27)30-20-25-13-8-7-12-24(25)19-29(30)22(2)38(21)32(39)33(40-3,34(35,36)37)26-14-5-4-6-15-26/h4-22H,1-3H3/t21-,22-,33-/m0/s1. The molecule has 1 amide bonds. The van der Waals surface area contributed by atoms with E-state index in [1.54, 1.807) is 19.9 Å².